The molecule has 0 aromatic heterocycles. The summed E-state index contributed by atoms with van der Waals surface area (Å²) in [5.41, 5.74) is 0.997. The Kier molecular flexibility index (Phi) is 3.18. The van der Waals surface area contributed by atoms with Crippen LogP contribution in [0.2, 0.25) is 0 Å². The van der Waals surface area contributed by atoms with Gasteiger partial charge in [-0.2, -0.15) is 5.26 Å². The first-order valence-electron chi connectivity index (χ1n) is 7.08. The molecule has 3 rings (SSSR count). The molecule has 2 fully saturated rings. The zero-order valence-corrected chi connectivity index (χ0v) is 11.3. The quantitative estimate of drug-likeness (QED) is 0.828. The Morgan fingerprint density at radius 1 is 1.37 bits per heavy atom. The standard InChI is InChI=1S/C16H19FN2/c1-19(10-14-7-11-2-3-12(14)6-11)15-5-4-13(9-18)16(17)8-15/h4-5,8,11-12,14H,2-3,6-7,10H2,1H3. The van der Waals surface area contributed by atoms with E-state index in [-0.39, 0.29) is 5.56 Å². The van der Waals surface area contributed by atoms with Gasteiger partial charge in [0.15, 0.2) is 0 Å². The number of halogens is 1. The van der Waals surface area contributed by atoms with Gasteiger partial charge < -0.3 is 4.90 Å². The minimum atomic E-state index is -0.417. The van der Waals surface area contributed by atoms with Crippen molar-refractivity contribution in [2.24, 2.45) is 17.8 Å². The number of benzene rings is 1. The van der Waals surface area contributed by atoms with E-state index in [1.54, 1.807) is 6.07 Å². The third-order valence-corrected chi connectivity index (χ3v) is 4.91. The highest BCUT2D eigenvalue weighted by Gasteiger charge is 2.39. The van der Waals surface area contributed by atoms with Crippen LogP contribution < -0.4 is 4.90 Å². The van der Waals surface area contributed by atoms with Crippen LogP contribution in [-0.2, 0) is 0 Å². The molecule has 3 heteroatoms. The first-order chi connectivity index (χ1) is 9.17. The molecule has 0 radical (unpaired) electrons. The highest BCUT2D eigenvalue weighted by Crippen LogP contribution is 2.48. The molecule has 2 bridgehead atoms. The zero-order chi connectivity index (χ0) is 13.4. The lowest BCUT2D eigenvalue weighted by atomic mass is 9.88. The van der Waals surface area contributed by atoms with Crippen molar-refractivity contribution in [3.63, 3.8) is 0 Å². The van der Waals surface area contributed by atoms with Gasteiger partial charge in [-0.25, -0.2) is 4.39 Å². The fourth-order valence-electron chi connectivity index (χ4n) is 3.89. The predicted molar refractivity (Wildman–Crippen MR) is 73.3 cm³/mol. The number of fused-ring (bicyclic) bond motifs is 2. The van der Waals surface area contributed by atoms with Crippen molar-refractivity contribution < 1.29 is 4.39 Å². The Bertz CT molecular complexity index is 520. The Hall–Kier alpha value is -1.56. The maximum absolute atomic E-state index is 13.6. The number of rotatable bonds is 3. The van der Waals surface area contributed by atoms with Gasteiger partial charge in [-0.3, -0.25) is 0 Å². The van der Waals surface area contributed by atoms with E-state index >= 15 is 0 Å². The average molecular weight is 258 g/mol. The van der Waals surface area contributed by atoms with Gasteiger partial charge in [-0.15, -0.1) is 0 Å². The summed E-state index contributed by atoms with van der Waals surface area (Å²) >= 11 is 0. The van der Waals surface area contributed by atoms with Crippen LogP contribution in [0.1, 0.15) is 31.2 Å². The van der Waals surface area contributed by atoms with Gasteiger partial charge >= 0.3 is 0 Å². The summed E-state index contributed by atoms with van der Waals surface area (Å²) in [6, 6.07) is 6.75. The second kappa shape index (κ2) is 4.85. The van der Waals surface area contributed by atoms with E-state index in [4.69, 9.17) is 5.26 Å². The van der Waals surface area contributed by atoms with Crippen LogP contribution in [0.25, 0.3) is 0 Å². The van der Waals surface area contributed by atoms with Crippen molar-refractivity contribution in [2.75, 3.05) is 18.5 Å². The number of hydrogen-bond donors (Lipinski definition) is 0. The second-order valence-electron chi connectivity index (χ2n) is 6.09. The number of nitrogens with zero attached hydrogens (tertiary/aromatic N) is 2. The third-order valence-electron chi connectivity index (χ3n) is 4.91. The minimum absolute atomic E-state index is 0.122. The SMILES string of the molecule is CN(CC1CC2CCC1C2)c1ccc(C#N)c(F)c1. The fraction of sp³-hybridized carbons (Fsp3) is 0.562. The van der Waals surface area contributed by atoms with E-state index in [9.17, 15) is 4.39 Å². The molecule has 1 aromatic carbocycles. The summed E-state index contributed by atoms with van der Waals surface area (Å²) in [6.07, 6.45) is 5.54. The number of nitriles is 1. The van der Waals surface area contributed by atoms with Crippen LogP contribution in [0.5, 0.6) is 0 Å². The highest BCUT2D eigenvalue weighted by molar-refractivity contribution is 5.50. The largest absolute Gasteiger partial charge is 0.374 e. The molecule has 3 atom stereocenters. The van der Waals surface area contributed by atoms with Crippen molar-refractivity contribution in [1.29, 1.82) is 5.26 Å². The van der Waals surface area contributed by atoms with Gasteiger partial charge in [0.1, 0.15) is 11.9 Å². The summed E-state index contributed by atoms with van der Waals surface area (Å²) in [5.74, 6) is 2.18. The van der Waals surface area contributed by atoms with E-state index in [1.165, 1.54) is 31.7 Å². The first-order valence-corrected chi connectivity index (χ1v) is 7.08. The molecule has 0 aliphatic heterocycles. The van der Waals surface area contributed by atoms with Gasteiger partial charge in [-0.05, 0) is 55.2 Å². The summed E-state index contributed by atoms with van der Waals surface area (Å²) in [4.78, 5) is 2.13. The Morgan fingerprint density at radius 3 is 2.79 bits per heavy atom. The molecule has 0 spiro atoms. The monoisotopic (exact) mass is 258 g/mol. The molecule has 0 heterocycles. The molecular formula is C16H19FN2. The van der Waals surface area contributed by atoms with Gasteiger partial charge in [-0.1, -0.05) is 6.42 Å². The number of hydrogen-bond acceptors (Lipinski definition) is 2. The summed E-state index contributed by atoms with van der Waals surface area (Å²) in [6.45, 7) is 1.01. The van der Waals surface area contributed by atoms with E-state index in [0.29, 0.717) is 0 Å². The second-order valence-corrected chi connectivity index (χ2v) is 6.09. The van der Waals surface area contributed by atoms with E-state index in [2.05, 4.69) is 4.90 Å². The smallest absolute Gasteiger partial charge is 0.143 e. The fourth-order valence-corrected chi connectivity index (χ4v) is 3.89. The van der Waals surface area contributed by atoms with Crippen LogP contribution in [-0.4, -0.2) is 13.6 Å². The first kappa shape index (κ1) is 12.5. The van der Waals surface area contributed by atoms with Crippen LogP contribution in [0.4, 0.5) is 10.1 Å². The van der Waals surface area contributed by atoms with E-state index in [1.807, 2.05) is 19.2 Å². The maximum Gasteiger partial charge on any atom is 0.143 e. The third kappa shape index (κ3) is 2.32. The lowest BCUT2D eigenvalue weighted by Crippen LogP contribution is -2.28. The lowest BCUT2D eigenvalue weighted by molar-refractivity contribution is 0.337. The molecule has 19 heavy (non-hydrogen) atoms. The lowest BCUT2D eigenvalue weighted by Gasteiger charge is -2.28. The van der Waals surface area contributed by atoms with Crippen molar-refractivity contribution in [1.82, 2.24) is 0 Å². The molecule has 1 aromatic rings. The van der Waals surface area contributed by atoms with Gasteiger partial charge in [0.2, 0.25) is 0 Å². The Balaban J connectivity index is 1.69. The Morgan fingerprint density at radius 2 is 2.21 bits per heavy atom. The molecule has 2 saturated carbocycles. The predicted octanol–water partition coefficient (Wildman–Crippen LogP) is 3.57. The van der Waals surface area contributed by atoms with E-state index < -0.39 is 5.82 Å². The maximum atomic E-state index is 13.6. The molecule has 0 saturated heterocycles. The molecule has 2 aliphatic carbocycles. The summed E-state index contributed by atoms with van der Waals surface area (Å²) in [7, 11) is 2.02. The Labute approximate surface area is 113 Å². The summed E-state index contributed by atoms with van der Waals surface area (Å²) in [5, 5.41) is 8.75. The zero-order valence-electron chi connectivity index (χ0n) is 11.3. The highest BCUT2D eigenvalue weighted by atomic mass is 19.1. The van der Waals surface area contributed by atoms with Crippen molar-refractivity contribution in [3.05, 3.63) is 29.6 Å². The van der Waals surface area contributed by atoms with Crippen LogP contribution in [0.15, 0.2) is 18.2 Å². The van der Waals surface area contributed by atoms with Crippen LogP contribution >= 0.6 is 0 Å². The van der Waals surface area contributed by atoms with Crippen LogP contribution in [0, 0.1) is 34.9 Å². The summed E-state index contributed by atoms with van der Waals surface area (Å²) < 4.78 is 13.6. The van der Waals surface area contributed by atoms with Crippen molar-refractivity contribution in [2.45, 2.75) is 25.7 Å². The van der Waals surface area contributed by atoms with Gasteiger partial charge in [0.25, 0.3) is 0 Å². The topological polar surface area (TPSA) is 27.0 Å². The molecular weight excluding hydrogens is 239 g/mol. The van der Waals surface area contributed by atoms with Gasteiger partial charge in [0.05, 0.1) is 5.56 Å². The molecule has 0 N–H and O–H groups in total. The molecule has 0 amide bonds. The molecule has 100 valence electrons. The van der Waals surface area contributed by atoms with Gasteiger partial charge in [0, 0.05) is 19.3 Å². The molecule has 2 nitrogen and oxygen atoms in total. The van der Waals surface area contributed by atoms with Crippen molar-refractivity contribution in [3.8, 4) is 6.07 Å². The number of anilines is 1. The minimum Gasteiger partial charge on any atom is -0.374 e. The van der Waals surface area contributed by atoms with Crippen molar-refractivity contribution >= 4 is 5.69 Å². The normalized spacial score (nSPS) is 28.4. The molecule has 3 unspecified atom stereocenters. The van der Waals surface area contributed by atoms with Crippen LogP contribution in [0.3, 0.4) is 0 Å². The molecule has 2 aliphatic rings. The van der Waals surface area contributed by atoms with E-state index in [0.717, 1.165) is 30.0 Å². The average Bonchev–Trinajstić information content (AvgIpc) is 3.00.